The van der Waals surface area contributed by atoms with Crippen LogP contribution in [-0.4, -0.2) is 4.92 Å². The topological polar surface area (TPSA) is 52.4 Å². The first-order valence-electron chi connectivity index (χ1n) is 5.78. The standard InChI is InChI=1S/C14H11BrFNO3/c1-9-2-4-14(12(6-9)17(18)19)20-13-5-3-10(8-15)7-11(13)16/h2-7H,8H2,1H3. The zero-order valence-electron chi connectivity index (χ0n) is 10.6. The zero-order valence-corrected chi connectivity index (χ0v) is 12.2. The Morgan fingerprint density at radius 1 is 1.25 bits per heavy atom. The molecule has 0 atom stereocenters. The molecule has 20 heavy (non-hydrogen) atoms. The molecule has 0 heterocycles. The average molecular weight is 340 g/mol. The Labute approximate surface area is 123 Å². The van der Waals surface area contributed by atoms with Crippen molar-refractivity contribution in [1.29, 1.82) is 0 Å². The van der Waals surface area contributed by atoms with Gasteiger partial charge in [-0.3, -0.25) is 10.1 Å². The van der Waals surface area contributed by atoms with Gasteiger partial charge in [0, 0.05) is 11.4 Å². The minimum atomic E-state index is -0.558. The van der Waals surface area contributed by atoms with Gasteiger partial charge in [0.05, 0.1) is 4.92 Å². The number of benzene rings is 2. The van der Waals surface area contributed by atoms with Crippen LogP contribution >= 0.6 is 15.9 Å². The quantitative estimate of drug-likeness (QED) is 0.459. The SMILES string of the molecule is Cc1ccc(Oc2ccc(CBr)cc2F)c([N+](=O)[O-])c1. The first-order valence-corrected chi connectivity index (χ1v) is 6.90. The van der Waals surface area contributed by atoms with E-state index in [1.54, 1.807) is 19.1 Å². The van der Waals surface area contributed by atoms with Crippen LogP contribution in [0.4, 0.5) is 10.1 Å². The van der Waals surface area contributed by atoms with Gasteiger partial charge in [0.15, 0.2) is 11.6 Å². The highest BCUT2D eigenvalue weighted by molar-refractivity contribution is 9.08. The Hall–Kier alpha value is -1.95. The molecule has 104 valence electrons. The predicted molar refractivity (Wildman–Crippen MR) is 76.9 cm³/mol. The second-order valence-electron chi connectivity index (χ2n) is 4.23. The maximum absolute atomic E-state index is 13.8. The van der Waals surface area contributed by atoms with Crippen molar-refractivity contribution >= 4 is 21.6 Å². The molecule has 0 radical (unpaired) electrons. The number of alkyl halides is 1. The minimum Gasteiger partial charge on any atom is -0.447 e. The first-order chi connectivity index (χ1) is 9.51. The number of hydrogen-bond acceptors (Lipinski definition) is 3. The summed E-state index contributed by atoms with van der Waals surface area (Å²) in [5, 5.41) is 11.5. The van der Waals surface area contributed by atoms with Crippen molar-refractivity contribution in [2.75, 3.05) is 0 Å². The van der Waals surface area contributed by atoms with Crippen LogP contribution in [0.1, 0.15) is 11.1 Å². The van der Waals surface area contributed by atoms with E-state index < -0.39 is 10.7 Å². The van der Waals surface area contributed by atoms with Crippen LogP contribution in [0.15, 0.2) is 36.4 Å². The molecule has 0 saturated heterocycles. The summed E-state index contributed by atoms with van der Waals surface area (Å²) in [6.07, 6.45) is 0. The van der Waals surface area contributed by atoms with Crippen molar-refractivity contribution in [3.05, 3.63) is 63.5 Å². The molecule has 4 nitrogen and oxygen atoms in total. The van der Waals surface area contributed by atoms with Crippen molar-refractivity contribution in [1.82, 2.24) is 0 Å². The summed E-state index contributed by atoms with van der Waals surface area (Å²) in [6.45, 7) is 1.74. The Morgan fingerprint density at radius 3 is 2.55 bits per heavy atom. The second kappa shape index (κ2) is 6.00. The van der Waals surface area contributed by atoms with Crippen LogP contribution in [0, 0.1) is 22.9 Å². The molecular weight excluding hydrogens is 329 g/mol. The molecule has 0 unspecified atom stereocenters. The summed E-state index contributed by atoms with van der Waals surface area (Å²) in [5.41, 5.74) is 1.31. The fourth-order valence-corrected chi connectivity index (χ4v) is 2.03. The lowest BCUT2D eigenvalue weighted by Gasteiger charge is -2.08. The Balaban J connectivity index is 2.37. The summed E-state index contributed by atoms with van der Waals surface area (Å²) in [6, 6.07) is 8.99. The summed E-state index contributed by atoms with van der Waals surface area (Å²) in [4.78, 5) is 10.4. The molecule has 0 N–H and O–H groups in total. The number of halogens is 2. The number of nitrogens with zero attached hydrogens (tertiary/aromatic N) is 1. The van der Waals surface area contributed by atoms with Crippen LogP contribution in [0.2, 0.25) is 0 Å². The van der Waals surface area contributed by atoms with Gasteiger partial charge < -0.3 is 4.74 Å². The van der Waals surface area contributed by atoms with Gasteiger partial charge in [-0.2, -0.15) is 0 Å². The molecule has 0 saturated carbocycles. The fraction of sp³-hybridized carbons (Fsp3) is 0.143. The zero-order chi connectivity index (χ0) is 14.7. The molecular formula is C14H11BrFNO3. The average Bonchev–Trinajstić information content (AvgIpc) is 2.42. The first kappa shape index (κ1) is 14.5. The van der Waals surface area contributed by atoms with Gasteiger partial charge >= 0.3 is 5.69 Å². The highest BCUT2D eigenvalue weighted by Gasteiger charge is 2.17. The number of hydrogen-bond donors (Lipinski definition) is 0. The molecule has 2 aromatic rings. The predicted octanol–water partition coefficient (Wildman–Crippen LogP) is 4.73. The Morgan fingerprint density at radius 2 is 1.95 bits per heavy atom. The van der Waals surface area contributed by atoms with Crippen LogP contribution in [0.25, 0.3) is 0 Å². The maximum atomic E-state index is 13.8. The van der Waals surface area contributed by atoms with Crippen LogP contribution in [0.5, 0.6) is 11.5 Å². The lowest BCUT2D eigenvalue weighted by molar-refractivity contribution is -0.385. The molecule has 0 bridgehead atoms. The number of aryl methyl sites for hydroxylation is 1. The van der Waals surface area contributed by atoms with Crippen LogP contribution in [-0.2, 0) is 5.33 Å². The van der Waals surface area contributed by atoms with E-state index in [0.717, 1.165) is 11.1 Å². The third-order valence-corrected chi connectivity index (χ3v) is 3.33. The van der Waals surface area contributed by atoms with E-state index in [9.17, 15) is 14.5 Å². The largest absolute Gasteiger partial charge is 0.447 e. The lowest BCUT2D eigenvalue weighted by Crippen LogP contribution is -1.96. The third kappa shape index (κ3) is 3.14. The van der Waals surface area contributed by atoms with E-state index >= 15 is 0 Å². The monoisotopic (exact) mass is 339 g/mol. The van der Waals surface area contributed by atoms with E-state index in [4.69, 9.17) is 4.74 Å². The lowest BCUT2D eigenvalue weighted by atomic mass is 10.2. The van der Waals surface area contributed by atoms with E-state index in [-0.39, 0.29) is 17.2 Å². The molecule has 2 aromatic carbocycles. The molecule has 0 aromatic heterocycles. The van der Waals surface area contributed by atoms with Crippen molar-refractivity contribution < 1.29 is 14.1 Å². The third-order valence-electron chi connectivity index (χ3n) is 2.68. The molecule has 0 amide bonds. The molecule has 0 spiro atoms. The van der Waals surface area contributed by atoms with Gasteiger partial charge in [-0.05, 0) is 36.2 Å². The van der Waals surface area contributed by atoms with Gasteiger partial charge in [-0.15, -0.1) is 0 Å². The van der Waals surface area contributed by atoms with Gasteiger partial charge in [0.2, 0.25) is 5.75 Å². The number of nitro groups is 1. The van der Waals surface area contributed by atoms with E-state index in [2.05, 4.69) is 15.9 Å². The van der Waals surface area contributed by atoms with Gasteiger partial charge in [0.1, 0.15) is 0 Å². The fourth-order valence-electron chi connectivity index (χ4n) is 1.69. The summed E-state index contributed by atoms with van der Waals surface area (Å²) >= 11 is 3.22. The van der Waals surface area contributed by atoms with Crippen molar-refractivity contribution in [3.8, 4) is 11.5 Å². The Kier molecular flexibility index (Phi) is 4.34. The van der Waals surface area contributed by atoms with E-state index in [1.807, 2.05) is 0 Å². The molecule has 0 aliphatic rings. The number of nitro benzene ring substituents is 1. The normalized spacial score (nSPS) is 10.3. The van der Waals surface area contributed by atoms with Gasteiger partial charge in [-0.1, -0.05) is 28.1 Å². The van der Waals surface area contributed by atoms with E-state index in [0.29, 0.717) is 5.33 Å². The minimum absolute atomic E-state index is 0.0195. The molecule has 2 rings (SSSR count). The second-order valence-corrected chi connectivity index (χ2v) is 4.79. The number of ether oxygens (including phenoxy) is 1. The molecule has 0 aliphatic carbocycles. The van der Waals surface area contributed by atoms with Gasteiger partial charge in [-0.25, -0.2) is 4.39 Å². The van der Waals surface area contributed by atoms with E-state index in [1.165, 1.54) is 24.3 Å². The highest BCUT2D eigenvalue weighted by atomic mass is 79.9. The maximum Gasteiger partial charge on any atom is 0.311 e. The number of rotatable bonds is 4. The van der Waals surface area contributed by atoms with Crippen LogP contribution < -0.4 is 4.74 Å². The summed E-state index contributed by atoms with van der Waals surface area (Å²) in [7, 11) is 0. The molecule has 0 aliphatic heterocycles. The smallest absolute Gasteiger partial charge is 0.311 e. The summed E-state index contributed by atoms with van der Waals surface area (Å²) in [5.74, 6) is -0.579. The molecule has 6 heteroatoms. The van der Waals surface area contributed by atoms with Crippen LogP contribution in [0.3, 0.4) is 0 Å². The van der Waals surface area contributed by atoms with Gasteiger partial charge in [0.25, 0.3) is 0 Å². The van der Waals surface area contributed by atoms with Crippen molar-refractivity contribution in [3.63, 3.8) is 0 Å². The molecule has 0 fully saturated rings. The van der Waals surface area contributed by atoms with Crippen molar-refractivity contribution in [2.24, 2.45) is 0 Å². The Bertz CT molecular complexity index is 661. The highest BCUT2D eigenvalue weighted by Crippen LogP contribution is 2.33. The van der Waals surface area contributed by atoms with Crippen molar-refractivity contribution in [2.45, 2.75) is 12.3 Å². The summed E-state index contributed by atoms with van der Waals surface area (Å²) < 4.78 is 19.1.